The molecule has 0 aromatic heterocycles. The number of hydrogen-bond acceptors (Lipinski definition) is 4. The number of carbonyl (C=O) groups is 1. The van der Waals surface area contributed by atoms with E-state index in [0.29, 0.717) is 30.6 Å². The summed E-state index contributed by atoms with van der Waals surface area (Å²) >= 11 is 0. The number of nitro benzene ring substituents is 1. The van der Waals surface area contributed by atoms with Crippen LogP contribution in [-0.4, -0.2) is 23.9 Å². The molecule has 1 unspecified atom stereocenters. The van der Waals surface area contributed by atoms with Crippen LogP contribution >= 0.6 is 0 Å². The van der Waals surface area contributed by atoms with E-state index < -0.39 is 4.92 Å². The molecule has 0 spiro atoms. The van der Waals surface area contributed by atoms with Crippen molar-refractivity contribution in [2.75, 3.05) is 18.4 Å². The Balaban J connectivity index is 2.14. The van der Waals surface area contributed by atoms with E-state index in [-0.39, 0.29) is 17.2 Å². The van der Waals surface area contributed by atoms with Gasteiger partial charge in [0.05, 0.1) is 4.92 Å². The van der Waals surface area contributed by atoms with Gasteiger partial charge in [-0.2, -0.15) is 0 Å². The summed E-state index contributed by atoms with van der Waals surface area (Å²) in [6.45, 7) is 5.08. The predicted molar refractivity (Wildman–Crippen MR) is 81.5 cm³/mol. The molecule has 1 saturated carbocycles. The lowest BCUT2D eigenvalue weighted by atomic mass is 10.1. The molecule has 1 aliphatic rings. The molecular weight excluding hydrogens is 270 g/mol. The fourth-order valence-electron chi connectivity index (χ4n) is 2.44. The van der Waals surface area contributed by atoms with Crippen LogP contribution in [0.2, 0.25) is 0 Å². The van der Waals surface area contributed by atoms with Gasteiger partial charge in [0.25, 0.3) is 5.91 Å². The molecule has 1 fully saturated rings. The summed E-state index contributed by atoms with van der Waals surface area (Å²) in [5.41, 5.74) is 0.336. The number of para-hydroxylation sites is 1. The van der Waals surface area contributed by atoms with Gasteiger partial charge >= 0.3 is 5.69 Å². The molecule has 1 aromatic rings. The lowest BCUT2D eigenvalue weighted by Gasteiger charge is -2.12. The Hall–Kier alpha value is -2.11. The zero-order valence-electron chi connectivity index (χ0n) is 12.4. The molecule has 1 aromatic carbocycles. The monoisotopic (exact) mass is 291 g/mol. The standard InChI is InChI=1S/C15H21N3O3/c1-3-16-13-6-4-5-12(14(13)18(20)21)15(19)17-9-10(2)11-7-8-11/h4-6,10-11,16H,3,7-9H2,1-2H3,(H,17,19). The maximum absolute atomic E-state index is 12.2. The lowest BCUT2D eigenvalue weighted by Crippen LogP contribution is -2.29. The number of amides is 1. The van der Waals surface area contributed by atoms with Crippen LogP contribution in [0.5, 0.6) is 0 Å². The highest BCUT2D eigenvalue weighted by Crippen LogP contribution is 2.36. The smallest absolute Gasteiger partial charge is 0.305 e. The first-order chi connectivity index (χ1) is 10.0. The van der Waals surface area contributed by atoms with E-state index in [9.17, 15) is 14.9 Å². The van der Waals surface area contributed by atoms with Gasteiger partial charge in [-0.05, 0) is 43.7 Å². The fourth-order valence-corrected chi connectivity index (χ4v) is 2.44. The molecule has 1 amide bonds. The van der Waals surface area contributed by atoms with Crippen molar-refractivity contribution >= 4 is 17.3 Å². The molecular formula is C15H21N3O3. The van der Waals surface area contributed by atoms with E-state index in [1.54, 1.807) is 12.1 Å². The summed E-state index contributed by atoms with van der Waals surface area (Å²) < 4.78 is 0. The number of nitrogens with one attached hydrogen (secondary N) is 2. The fraction of sp³-hybridized carbons (Fsp3) is 0.533. The quantitative estimate of drug-likeness (QED) is 0.597. The predicted octanol–water partition coefficient (Wildman–Crippen LogP) is 2.80. The second-order valence-electron chi connectivity index (χ2n) is 5.51. The van der Waals surface area contributed by atoms with Crippen LogP contribution in [0.3, 0.4) is 0 Å². The van der Waals surface area contributed by atoms with E-state index >= 15 is 0 Å². The van der Waals surface area contributed by atoms with E-state index in [0.717, 1.165) is 0 Å². The largest absolute Gasteiger partial charge is 0.380 e. The Morgan fingerprint density at radius 3 is 2.76 bits per heavy atom. The van der Waals surface area contributed by atoms with Gasteiger partial charge in [-0.1, -0.05) is 13.0 Å². The third-order valence-electron chi connectivity index (χ3n) is 3.84. The van der Waals surface area contributed by atoms with Gasteiger partial charge < -0.3 is 10.6 Å². The van der Waals surface area contributed by atoms with Crippen molar-refractivity contribution in [3.8, 4) is 0 Å². The van der Waals surface area contributed by atoms with Gasteiger partial charge in [0, 0.05) is 13.1 Å². The third-order valence-corrected chi connectivity index (χ3v) is 3.84. The first-order valence-electron chi connectivity index (χ1n) is 7.34. The summed E-state index contributed by atoms with van der Waals surface area (Å²) in [6, 6.07) is 4.77. The van der Waals surface area contributed by atoms with Gasteiger partial charge in [-0.25, -0.2) is 0 Å². The van der Waals surface area contributed by atoms with Gasteiger partial charge in [0.2, 0.25) is 0 Å². The molecule has 114 valence electrons. The summed E-state index contributed by atoms with van der Waals surface area (Å²) in [7, 11) is 0. The number of benzene rings is 1. The van der Waals surface area contributed by atoms with E-state index in [4.69, 9.17) is 0 Å². The Labute approximate surface area is 124 Å². The van der Waals surface area contributed by atoms with Crippen LogP contribution in [0.25, 0.3) is 0 Å². The minimum absolute atomic E-state index is 0.112. The van der Waals surface area contributed by atoms with Crippen molar-refractivity contribution in [3.63, 3.8) is 0 Å². The Morgan fingerprint density at radius 1 is 1.48 bits per heavy atom. The van der Waals surface area contributed by atoms with Gasteiger partial charge in [-0.15, -0.1) is 0 Å². The topological polar surface area (TPSA) is 84.3 Å². The number of carbonyl (C=O) groups excluding carboxylic acids is 1. The molecule has 1 aliphatic carbocycles. The lowest BCUT2D eigenvalue weighted by molar-refractivity contribution is -0.384. The Bertz CT molecular complexity index is 541. The summed E-state index contributed by atoms with van der Waals surface area (Å²) in [5.74, 6) is 0.729. The maximum atomic E-state index is 12.2. The van der Waals surface area contributed by atoms with Crippen LogP contribution in [0.15, 0.2) is 18.2 Å². The summed E-state index contributed by atoms with van der Waals surface area (Å²) in [6.07, 6.45) is 2.43. The molecule has 0 radical (unpaired) electrons. The van der Waals surface area contributed by atoms with E-state index in [1.807, 2.05) is 6.92 Å². The van der Waals surface area contributed by atoms with Crippen molar-refractivity contribution in [1.82, 2.24) is 5.32 Å². The third kappa shape index (κ3) is 3.71. The number of rotatable bonds is 7. The maximum Gasteiger partial charge on any atom is 0.305 e. The van der Waals surface area contributed by atoms with Crippen LogP contribution in [0.4, 0.5) is 11.4 Å². The number of hydrogen-bond donors (Lipinski definition) is 2. The van der Waals surface area contributed by atoms with E-state index in [1.165, 1.54) is 18.9 Å². The molecule has 6 heteroatoms. The van der Waals surface area contributed by atoms with Crippen molar-refractivity contribution in [3.05, 3.63) is 33.9 Å². The van der Waals surface area contributed by atoms with E-state index in [2.05, 4.69) is 17.6 Å². The first kappa shape index (κ1) is 15.3. The molecule has 1 atom stereocenters. The second-order valence-corrected chi connectivity index (χ2v) is 5.51. The Morgan fingerprint density at radius 2 is 2.19 bits per heavy atom. The average Bonchev–Trinajstić information content (AvgIpc) is 3.28. The average molecular weight is 291 g/mol. The van der Waals surface area contributed by atoms with Crippen molar-refractivity contribution in [2.45, 2.75) is 26.7 Å². The molecule has 0 aliphatic heterocycles. The number of nitro groups is 1. The molecule has 0 heterocycles. The van der Waals surface area contributed by atoms with Gasteiger partial charge in [-0.3, -0.25) is 14.9 Å². The number of nitrogens with zero attached hydrogens (tertiary/aromatic N) is 1. The van der Waals surface area contributed by atoms with Crippen LogP contribution in [0, 0.1) is 22.0 Å². The SMILES string of the molecule is CCNc1cccc(C(=O)NCC(C)C2CC2)c1[N+](=O)[O-]. The van der Waals surface area contributed by atoms with Crippen LogP contribution in [0.1, 0.15) is 37.0 Å². The molecule has 21 heavy (non-hydrogen) atoms. The second kappa shape index (κ2) is 6.56. The minimum atomic E-state index is -0.503. The van der Waals surface area contributed by atoms with Crippen molar-refractivity contribution in [2.24, 2.45) is 11.8 Å². The molecule has 0 bridgehead atoms. The molecule has 0 saturated heterocycles. The highest BCUT2D eigenvalue weighted by atomic mass is 16.6. The first-order valence-corrected chi connectivity index (χ1v) is 7.34. The van der Waals surface area contributed by atoms with Gasteiger partial charge in [0.1, 0.15) is 11.3 Å². The molecule has 6 nitrogen and oxygen atoms in total. The zero-order chi connectivity index (χ0) is 15.4. The van der Waals surface area contributed by atoms with Gasteiger partial charge in [0.15, 0.2) is 0 Å². The summed E-state index contributed by atoms with van der Waals surface area (Å²) in [5, 5.41) is 17.0. The Kier molecular flexibility index (Phi) is 4.77. The van der Waals surface area contributed by atoms with Crippen molar-refractivity contribution < 1.29 is 9.72 Å². The number of anilines is 1. The summed E-state index contributed by atoms with van der Waals surface area (Å²) in [4.78, 5) is 23.0. The van der Waals surface area contributed by atoms with Crippen LogP contribution < -0.4 is 10.6 Å². The van der Waals surface area contributed by atoms with Crippen LogP contribution in [-0.2, 0) is 0 Å². The molecule has 2 N–H and O–H groups in total. The highest BCUT2D eigenvalue weighted by molar-refractivity contribution is 6.00. The zero-order valence-corrected chi connectivity index (χ0v) is 12.4. The highest BCUT2D eigenvalue weighted by Gasteiger charge is 2.29. The van der Waals surface area contributed by atoms with Crippen molar-refractivity contribution in [1.29, 1.82) is 0 Å². The normalized spacial score (nSPS) is 15.3. The molecule has 2 rings (SSSR count). The minimum Gasteiger partial charge on any atom is -0.380 e.